The van der Waals surface area contributed by atoms with Crippen molar-refractivity contribution in [2.75, 3.05) is 13.7 Å². The van der Waals surface area contributed by atoms with Gasteiger partial charge in [-0.15, -0.1) is 11.3 Å². The normalized spacial score (nSPS) is 17.1. The van der Waals surface area contributed by atoms with Gasteiger partial charge in [0.2, 0.25) is 0 Å². The van der Waals surface area contributed by atoms with Crippen LogP contribution >= 0.6 is 11.3 Å². The molecule has 16 heavy (non-hydrogen) atoms. The van der Waals surface area contributed by atoms with Crippen molar-refractivity contribution in [1.29, 1.82) is 0 Å². The van der Waals surface area contributed by atoms with Crippen LogP contribution in [0.4, 0.5) is 0 Å². The summed E-state index contributed by atoms with van der Waals surface area (Å²) in [5.41, 5.74) is 0. The van der Waals surface area contributed by atoms with E-state index in [9.17, 15) is 4.79 Å². The number of nitrogens with one attached hydrogen (secondary N) is 1. The van der Waals surface area contributed by atoms with E-state index in [4.69, 9.17) is 4.74 Å². The molecule has 1 aromatic heterocycles. The summed E-state index contributed by atoms with van der Waals surface area (Å²) in [6.45, 7) is 1.01. The quantitative estimate of drug-likeness (QED) is 0.774. The Morgan fingerprint density at radius 2 is 2.50 bits per heavy atom. The Labute approximate surface area is 99.8 Å². The first-order valence-corrected chi connectivity index (χ1v) is 6.51. The molecule has 1 heterocycles. The number of methoxy groups -OCH3 is 1. The Hall–Kier alpha value is -0.870. The maximum atomic E-state index is 11.3. The molecule has 0 radical (unpaired) electrons. The summed E-state index contributed by atoms with van der Waals surface area (Å²) in [4.78, 5) is 12.5. The highest BCUT2D eigenvalue weighted by Crippen LogP contribution is 2.30. The number of carbonyl (C=O) groups excluding carboxylic acids is 1. The fourth-order valence-corrected chi connectivity index (χ4v) is 2.45. The Morgan fingerprint density at radius 3 is 3.06 bits per heavy atom. The van der Waals surface area contributed by atoms with Crippen LogP contribution in [0, 0.1) is 5.92 Å². The first-order valence-electron chi connectivity index (χ1n) is 5.63. The minimum absolute atomic E-state index is 0.119. The van der Waals surface area contributed by atoms with Gasteiger partial charge in [0.25, 0.3) is 0 Å². The van der Waals surface area contributed by atoms with Crippen molar-refractivity contribution in [3.8, 4) is 0 Å². The van der Waals surface area contributed by atoms with Crippen molar-refractivity contribution in [1.82, 2.24) is 5.32 Å². The van der Waals surface area contributed by atoms with E-state index in [1.54, 1.807) is 11.3 Å². The SMILES string of the molecule is COC(=O)CC(NCC1CC1)c1cccs1. The smallest absolute Gasteiger partial charge is 0.307 e. The Balaban J connectivity index is 1.91. The molecule has 1 saturated carbocycles. The van der Waals surface area contributed by atoms with E-state index in [0.717, 1.165) is 12.5 Å². The molecule has 4 heteroatoms. The second kappa shape index (κ2) is 5.46. The lowest BCUT2D eigenvalue weighted by Gasteiger charge is -2.15. The zero-order valence-electron chi connectivity index (χ0n) is 9.44. The third-order valence-electron chi connectivity index (χ3n) is 2.83. The summed E-state index contributed by atoms with van der Waals surface area (Å²) in [5, 5.41) is 5.50. The summed E-state index contributed by atoms with van der Waals surface area (Å²) in [6.07, 6.45) is 3.06. The molecule has 1 aliphatic carbocycles. The summed E-state index contributed by atoms with van der Waals surface area (Å²) in [7, 11) is 1.44. The number of hydrogen-bond acceptors (Lipinski definition) is 4. The van der Waals surface area contributed by atoms with Crippen LogP contribution in [0.2, 0.25) is 0 Å². The first kappa shape index (κ1) is 11.6. The van der Waals surface area contributed by atoms with Gasteiger partial charge in [-0.25, -0.2) is 0 Å². The van der Waals surface area contributed by atoms with Gasteiger partial charge in [0.1, 0.15) is 0 Å². The molecule has 0 amide bonds. The average Bonchev–Trinajstić information content (AvgIpc) is 2.96. The van der Waals surface area contributed by atoms with Crippen molar-refractivity contribution in [2.45, 2.75) is 25.3 Å². The van der Waals surface area contributed by atoms with Gasteiger partial charge in [0.05, 0.1) is 19.6 Å². The van der Waals surface area contributed by atoms with Gasteiger partial charge in [0, 0.05) is 4.88 Å². The molecule has 0 saturated heterocycles. The number of ether oxygens (including phenoxy) is 1. The van der Waals surface area contributed by atoms with Crippen LogP contribution in [0.15, 0.2) is 17.5 Å². The molecule has 2 rings (SSSR count). The minimum atomic E-state index is -0.151. The summed E-state index contributed by atoms with van der Waals surface area (Å²) < 4.78 is 4.73. The van der Waals surface area contributed by atoms with E-state index in [0.29, 0.717) is 6.42 Å². The van der Waals surface area contributed by atoms with Crippen molar-refractivity contribution in [2.24, 2.45) is 5.92 Å². The van der Waals surface area contributed by atoms with Gasteiger partial charge in [-0.2, -0.15) is 0 Å². The van der Waals surface area contributed by atoms with Crippen LogP contribution in [0.5, 0.6) is 0 Å². The van der Waals surface area contributed by atoms with Gasteiger partial charge in [-0.3, -0.25) is 4.79 Å². The van der Waals surface area contributed by atoms with Crippen molar-refractivity contribution in [3.63, 3.8) is 0 Å². The zero-order valence-corrected chi connectivity index (χ0v) is 10.3. The van der Waals surface area contributed by atoms with E-state index in [1.807, 2.05) is 11.4 Å². The molecular weight excluding hydrogens is 222 g/mol. The first-order chi connectivity index (χ1) is 7.79. The van der Waals surface area contributed by atoms with E-state index in [2.05, 4.69) is 11.4 Å². The highest BCUT2D eigenvalue weighted by atomic mass is 32.1. The van der Waals surface area contributed by atoms with Gasteiger partial charge < -0.3 is 10.1 Å². The molecule has 0 spiro atoms. The Morgan fingerprint density at radius 1 is 1.69 bits per heavy atom. The standard InChI is InChI=1S/C12H17NO2S/c1-15-12(14)7-10(11-3-2-6-16-11)13-8-9-4-5-9/h2-3,6,9-10,13H,4-5,7-8H2,1H3. The van der Waals surface area contributed by atoms with Crippen LogP contribution in [-0.2, 0) is 9.53 Å². The summed E-state index contributed by atoms with van der Waals surface area (Å²) in [5.74, 6) is 0.668. The zero-order chi connectivity index (χ0) is 11.4. The molecule has 1 atom stereocenters. The molecule has 3 nitrogen and oxygen atoms in total. The van der Waals surface area contributed by atoms with Crippen molar-refractivity contribution in [3.05, 3.63) is 22.4 Å². The van der Waals surface area contributed by atoms with E-state index in [-0.39, 0.29) is 12.0 Å². The van der Waals surface area contributed by atoms with E-state index < -0.39 is 0 Å². The van der Waals surface area contributed by atoms with Crippen molar-refractivity contribution >= 4 is 17.3 Å². The average molecular weight is 239 g/mol. The topological polar surface area (TPSA) is 38.3 Å². The molecule has 0 aromatic carbocycles. The fraction of sp³-hybridized carbons (Fsp3) is 0.583. The van der Waals surface area contributed by atoms with Crippen LogP contribution in [0.3, 0.4) is 0 Å². The number of thiophene rings is 1. The van der Waals surface area contributed by atoms with Gasteiger partial charge >= 0.3 is 5.97 Å². The molecule has 1 unspecified atom stereocenters. The Kier molecular flexibility index (Phi) is 3.96. The third-order valence-corrected chi connectivity index (χ3v) is 3.82. The van der Waals surface area contributed by atoms with Crippen LogP contribution in [0.25, 0.3) is 0 Å². The van der Waals surface area contributed by atoms with Gasteiger partial charge in [-0.05, 0) is 36.8 Å². The molecule has 1 aliphatic rings. The maximum absolute atomic E-state index is 11.3. The third kappa shape index (κ3) is 3.32. The van der Waals surface area contributed by atoms with Gasteiger partial charge in [0.15, 0.2) is 0 Å². The molecule has 1 fully saturated rings. The second-order valence-corrected chi connectivity index (χ2v) is 5.18. The largest absolute Gasteiger partial charge is 0.469 e. The maximum Gasteiger partial charge on any atom is 0.307 e. The predicted molar refractivity (Wildman–Crippen MR) is 64.4 cm³/mol. The molecule has 1 N–H and O–H groups in total. The number of rotatable bonds is 6. The van der Waals surface area contributed by atoms with E-state index in [1.165, 1.54) is 24.8 Å². The summed E-state index contributed by atoms with van der Waals surface area (Å²) in [6, 6.07) is 4.20. The van der Waals surface area contributed by atoms with E-state index >= 15 is 0 Å². The van der Waals surface area contributed by atoms with Crippen LogP contribution in [0.1, 0.15) is 30.2 Å². The Bertz CT molecular complexity index is 333. The number of esters is 1. The predicted octanol–water partition coefficient (Wildman–Crippen LogP) is 2.35. The molecule has 1 aromatic rings. The number of carbonyl (C=O) groups is 1. The van der Waals surface area contributed by atoms with Gasteiger partial charge in [-0.1, -0.05) is 6.07 Å². The second-order valence-electron chi connectivity index (χ2n) is 4.20. The molecule has 0 bridgehead atoms. The monoisotopic (exact) mass is 239 g/mol. The van der Waals surface area contributed by atoms with Crippen molar-refractivity contribution < 1.29 is 9.53 Å². The number of hydrogen-bond donors (Lipinski definition) is 1. The molecule has 0 aliphatic heterocycles. The van der Waals surface area contributed by atoms with Crippen LogP contribution < -0.4 is 5.32 Å². The minimum Gasteiger partial charge on any atom is -0.469 e. The highest BCUT2D eigenvalue weighted by Gasteiger charge is 2.24. The summed E-state index contributed by atoms with van der Waals surface area (Å²) >= 11 is 1.69. The lowest BCUT2D eigenvalue weighted by Crippen LogP contribution is -2.25. The lowest BCUT2D eigenvalue weighted by molar-refractivity contribution is -0.141. The fourth-order valence-electron chi connectivity index (χ4n) is 1.64. The highest BCUT2D eigenvalue weighted by molar-refractivity contribution is 7.10. The van der Waals surface area contributed by atoms with Crippen LogP contribution in [-0.4, -0.2) is 19.6 Å². The molecule has 88 valence electrons. The lowest BCUT2D eigenvalue weighted by atomic mass is 10.1. The molecular formula is C12H17NO2S.